The van der Waals surface area contributed by atoms with Crippen LogP contribution < -0.4 is 5.73 Å². The topological polar surface area (TPSA) is 53.1 Å². The summed E-state index contributed by atoms with van der Waals surface area (Å²) in [7, 11) is 0. The first-order valence-electron chi connectivity index (χ1n) is 7.09. The van der Waals surface area contributed by atoms with E-state index in [0.717, 1.165) is 25.9 Å². The Morgan fingerprint density at radius 3 is 3.11 bits per heavy atom. The van der Waals surface area contributed by atoms with Crippen molar-refractivity contribution in [1.29, 1.82) is 0 Å². The fourth-order valence-electron chi connectivity index (χ4n) is 3.20. The first-order valence-corrected chi connectivity index (χ1v) is 7.09. The summed E-state index contributed by atoms with van der Waals surface area (Å²) in [5, 5.41) is 4.52. The van der Waals surface area contributed by atoms with Crippen molar-refractivity contribution >= 4 is 0 Å². The van der Waals surface area contributed by atoms with Crippen molar-refractivity contribution in [3.8, 4) is 0 Å². The molecule has 4 heteroatoms. The maximum Gasteiger partial charge on any atom is 0.0703 e. The highest BCUT2D eigenvalue weighted by molar-refractivity contribution is 5.07. The van der Waals surface area contributed by atoms with Gasteiger partial charge < -0.3 is 10.5 Å². The van der Waals surface area contributed by atoms with Crippen molar-refractivity contribution in [2.24, 2.45) is 5.73 Å². The average molecular weight is 249 g/mol. The molecule has 4 nitrogen and oxygen atoms in total. The Labute approximate surface area is 108 Å². The van der Waals surface area contributed by atoms with Crippen LogP contribution in [0.4, 0.5) is 0 Å². The van der Waals surface area contributed by atoms with Crippen LogP contribution in [0.1, 0.15) is 50.6 Å². The van der Waals surface area contributed by atoms with Gasteiger partial charge in [0.2, 0.25) is 0 Å². The van der Waals surface area contributed by atoms with Gasteiger partial charge >= 0.3 is 0 Å². The lowest BCUT2D eigenvalue weighted by Gasteiger charge is -2.47. The van der Waals surface area contributed by atoms with Crippen molar-refractivity contribution < 1.29 is 4.74 Å². The quantitative estimate of drug-likeness (QED) is 0.892. The second kappa shape index (κ2) is 4.67. The van der Waals surface area contributed by atoms with Crippen LogP contribution in [0.25, 0.3) is 0 Å². The highest BCUT2D eigenvalue weighted by Crippen LogP contribution is 2.45. The number of hydrogen-bond acceptors (Lipinski definition) is 3. The van der Waals surface area contributed by atoms with Crippen molar-refractivity contribution in [3.05, 3.63) is 18.0 Å². The zero-order valence-electron chi connectivity index (χ0n) is 11.1. The number of rotatable bonds is 3. The van der Waals surface area contributed by atoms with Gasteiger partial charge in [0.05, 0.1) is 17.8 Å². The van der Waals surface area contributed by atoms with Gasteiger partial charge in [-0.15, -0.1) is 0 Å². The molecule has 3 rings (SSSR count). The summed E-state index contributed by atoms with van der Waals surface area (Å²) in [5.41, 5.74) is 7.27. The van der Waals surface area contributed by atoms with Crippen LogP contribution in [-0.2, 0) is 11.2 Å². The van der Waals surface area contributed by atoms with E-state index in [-0.39, 0.29) is 11.6 Å². The molecule has 1 aliphatic heterocycles. The van der Waals surface area contributed by atoms with Crippen LogP contribution >= 0.6 is 0 Å². The summed E-state index contributed by atoms with van der Waals surface area (Å²) < 4.78 is 8.10. The summed E-state index contributed by atoms with van der Waals surface area (Å²) in [6.45, 7) is 2.92. The van der Waals surface area contributed by atoms with Crippen LogP contribution in [0.3, 0.4) is 0 Å². The van der Waals surface area contributed by atoms with Gasteiger partial charge in [-0.25, -0.2) is 0 Å². The molecule has 2 unspecified atom stereocenters. The molecule has 2 heterocycles. The highest BCUT2D eigenvalue weighted by atomic mass is 16.5. The molecular formula is C14H23N3O. The van der Waals surface area contributed by atoms with Crippen LogP contribution in [0, 0.1) is 0 Å². The summed E-state index contributed by atoms with van der Waals surface area (Å²) >= 11 is 0. The maximum atomic E-state index is 5.96. The predicted octanol–water partition coefficient (Wildman–Crippen LogP) is 2.05. The molecule has 1 saturated heterocycles. The lowest BCUT2D eigenvalue weighted by atomic mass is 9.74. The molecule has 100 valence electrons. The first-order chi connectivity index (χ1) is 8.67. The Morgan fingerprint density at radius 1 is 1.61 bits per heavy atom. The van der Waals surface area contributed by atoms with E-state index in [9.17, 15) is 0 Å². The minimum atomic E-state index is 0.191. The standard InChI is InChI=1S/C14H23N3O/c1-11(15)7-12-9-16-17(10-12)13-3-6-18-14(8-13)4-2-5-14/h9-11,13H,2-8,15H2,1H3. The van der Waals surface area contributed by atoms with Gasteiger partial charge in [0, 0.05) is 18.8 Å². The van der Waals surface area contributed by atoms with Gasteiger partial charge in [0.25, 0.3) is 0 Å². The van der Waals surface area contributed by atoms with Crippen molar-refractivity contribution in [2.75, 3.05) is 6.61 Å². The van der Waals surface area contributed by atoms with E-state index in [4.69, 9.17) is 10.5 Å². The molecule has 2 aliphatic rings. The summed E-state index contributed by atoms with van der Waals surface area (Å²) in [6, 6.07) is 0.719. The monoisotopic (exact) mass is 249 g/mol. The molecule has 0 aromatic carbocycles. The Bertz CT molecular complexity index is 409. The van der Waals surface area contributed by atoms with Crippen molar-refractivity contribution in [1.82, 2.24) is 9.78 Å². The molecule has 1 aromatic rings. The van der Waals surface area contributed by atoms with Gasteiger partial charge in [0.1, 0.15) is 0 Å². The fourth-order valence-corrected chi connectivity index (χ4v) is 3.20. The van der Waals surface area contributed by atoms with E-state index in [2.05, 4.69) is 16.0 Å². The minimum Gasteiger partial charge on any atom is -0.375 e. The molecule has 0 bridgehead atoms. The van der Waals surface area contributed by atoms with Crippen molar-refractivity contribution in [3.63, 3.8) is 0 Å². The minimum absolute atomic E-state index is 0.191. The van der Waals surface area contributed by atoms with E-state index >= 15 is 0 Å². The fraction of sp³-hybridized carbons (Fsp3) is 0.786. The molecule has 18 heavy (non-hydrogen) atoms. The summed E-state index contributed by atoms with van der Waals surface area (Å²) in [5.74, 6) is 0. The Balaban J connectivity index is 1.68. The van der Waals surface area contributed by atoms with Gasteiger partial charge in [-0.1, -0.05) is 0 Å². The third-order valence-electron chi connectivity index (χ3n) is 4.32. The first kappa shape index (κ1) is 12.2. The molecule has 2 N–H and O–H groups in total. The Morgan fingerprint density at radius 2 is 2.44 bits per heavy atom. The molecule has 1 aromatic heterocycles. The second-order valence-electron chi connectivity index (χ2n) is 6.04. The van der Waals surface area contributed by atoms with Crippen molar-refractivity contribution in [2.45, 2.75) is 63.1 Å². The van der Waals surface area contributed by atoms with E-state index in [1.807, 2.05) is 13.1 Å². The molecule has 0 radical (unpaired) electrons. The molecule has 2 atom stereocenters. The van der Waals surface area contributed by atoms with Crippen LogP contribution in [-0.4, -0.2) is 28.0 Å². The summed E-state index contributed by atoms with van der Waals surface area (Å²) in [4.78, 5) is 0. The zero-order chi connectivity index (χ0) is 12.6. The number of nitrogens with zero attached hydrogens (tertiary/aromatic N) is 2. The average Bonchev–Trinajstić information content (AvgIpc) is 2.75. The maximum absolute atomic E-state index is 5.96. The van der Waals surface area contributed by atoms with Crippen LogP contribution in [0.15, 0.2) is 12.4 Å². The molecule has 2 fully saturated rings. The lowest BCUT2D eigenvalue weighted by Crippen LogP contribution is -2.46. The normalized spacial score (nSPS) is 28.0. The SMILES string of the molecule is CC(N)Cc1cnn(C2CCOC3(CCC3)C2)c1. The summed E-state index contributed by atoms with van der Waals surface area (Å²) in [6.07, 6.45) is 11.1. The predicted molar refractivity (Wildman–Crippen MR) is 70.4 cm³/mol. The largest absolute Gasteiger partial charge is 0.375 e. The van der Waals surface area contributed by atoms with Gasteiger partial charge in [-0.05, 0) is 51.0 Å². The van der Waals surface area contributed by atoms with Crippen LogP contribution in [0.5, 0.6) is 0 Å². The van der Waals surface area contributed by atoms with Gasteiger partial charge in [-0.2, -0.15) is 5.10 Å². The van der Waals surface area contributed by atoms with E-state index < -0.39 is 0 Å². The third-order valence-corrected chi connectivity index (χ3v) is 4.32. The number of hydrogen-bond donors (Lipinski definition) is 1. The molecule has 1 saturated carbocycles. The molecule has 1 spiro atoms. The number of nitrogens with two attached hydrogens (primary N) is 1. The smallest absolute Gasteiger partial charge is 0.0703 e. The van der Waals surface area contributed by atoms with Gasteiger partial charge in [-0.3, -0.25) is 4.68 Å². The molecular weight excluding hydrogens is 226 g/mol. The van der Waals surface area contributed by atoms with E-state index in [1.165, 1.54) is 24.8 Å². The van der Waals surface area contributed by atoms with E-state index in [1.54, 1.807) is 0 Å². The lowest BCUT2D eigenvalue weighted by molar-refractivity contribution is -0.141. The Kier molecular flexibility index (Phi) is 3.16. The highest BCUT2D eigenvalue weighted by Gasteiger charge is 2.43. The third kappa shape index (κ3) is 2.31. The number of aromatic nitrogens is 2. The zero-order valence-corrected chi connectivity index (χ0v) is 11.1. The molecule has 1 aliphatic carbocycles. The van der Waals surface area contributed by atoms with Crippen LogP contribution in [0.2, 0.25) is 0 Å². The van der Waals surface area contributed by atoms with E-state index in [0.29, 0.717) is 6.04 Å². The molecule has 0 amide bonds. The van der Waals surface area contributed by atoms with Gasteiger partial charge in [0.15, 0.2) is 0 Å². The second-order valence-corrected chi connectivity index (χ2v) is 6.04. The number of ether oxygens (including phenoxy) is 1. The Hall–Kier alpha value is -0.870.